The molecule has 4 nitrogen and oxygen atoms in total. The van der Waals surface area contributed by atoms with E-state index in [0.29, 0.717) is 17.1 Å². The number of para-hydroxylation sites is 1. The van der Waals surface area contributed by atoms with Crippen LogP contribution in [0, 0.1) is 0 Å². The summed E-state index contributed by atoms with van der Waals surface area (Å²) in [6.45, 7) is 0. The number of hydrogen-bond acceptors (Lipinski definition) is 4. The van der Waals surface area contributed by atoms with Crippen LogP contribution in [0.15, 0.2) is 84.9 Å². The van der Waals surface area contributed by atoms with E-state index in [-0.39, 0.29) is 5.56 Å². The average molecular weight is 318 g/mol. The largest absolute Gasteiger partial charge is 0.457 e. The van der Waals surface area contributed by atoms with Crippen LogP contribution in [0.4, 0.5) is 0 Å². The fraction of sp³-hybridized carbons (Fsp3) is 0. The molecule has 24 heavy (non-hydrogen) atoms. The van der Waals surface area contributed by atoms with Crippen LogP contribution in [-0.2, 0) is 4.74 Å². The molecule has 0 amide bonds. The zero-order valence-electron chi connectivity index (χ0n) is 12.7. The number of esters is 2. The average Bonchev–Trinajstić information content (AvgIpc) is 2.63. The van der Waals surface area contributed by atoms with Crippen molar-refractivity contribution in [3.63, 3.8) is 0 Å². The molecule has 4 heteroatoms. The van der Waals surface area contributed by atoms with Gasteiger partial charge in [-0.1, -0.05) is 42.5 Å². The fourth-order valence-electron chi connectivity index (χ4n) is 2.09. The molecular formula is C20H14O4. The van der Waals surface area contributed by atoms with Gasteiger partial charge in [-0.15, -0.1) is 0 Å². The fourth-order valence-corrected chi connectivity index (χ4v) is 2.09. The van der Waals surface area contributed by atoms with Crippen LogP contribution >= 0.6 is 0 Å². The molecule has 0 radical (unpaired) electrons. The minimum Gasteiger partial charge on any atom is -0.457 e. The summed E-state index contributed by atoms with van der Waals surface area (Å²) in [5.74, 6) is -0.261. The van der Waals surface area contributed by atoms with E-state index in [1.54, 1.807) is 48.5 Å². The molecule has 0 heterocycles. The van der Waals surface area contributed by atoms with Crippen molar-refractivity contribution in [3.8, 4) is 11.5 Å². The van der Waals surface area contributed by atoms with Crippen molar-refractivity contribution in [3.05, 3.63) is 96.1 Å². The summed E-state index contributed by atoms with van der Waals surface area (Å²) < 4.78 is 10.6. The molecule has 0 saturated heterocycles. The Kier molecular flexibility index (Phi) is 4.68. The van der Waals surface area contributed by atoms with E-state index in [0.717, 1.165) is 0 Å². The summed E-state index contributed by atoms with van der Waals surface area (Å²) in [7, 11) is 0. The lowest BCUT2D eigenvalue weighted by Gasteiger charge is -2.07. The van der Waals surface area contributed by atoms with E-state index >= 15 is 0 Å². The van der Waals surface area contributed by atoms with Gasteiger partial charge in [-0.25, -0.2) is 9.59 Å². The van der Waals surface area contributed by atoms with E-state index in [1.807, 2.05) is 30.3 Å². The van der Waals surface area contributed by atoms with Crippen LogP contribution in [0.3, 0.4) is 0 Å². The highest BCUT2D eigenvalue weighted by molar-refractivity contribution is 6.02. The summed E-state index contributed by atoms with van der Waals surface area (Å²) in [5.41, 5.74) is 0.565. The molecule has 0 saturated carbocycles. The Labute approximate surface area is 139 Å². The van der Waals surface area contributed by atoms with E-state index in [4.69, 9.17) is 9.47 Å². The Morgan fingerprint density at radius 1 is 0.583 bits per heavy atom. The topological polar surface area (TPSA) is 52.6 Å². The molecule has 0 aliphatic rings. The first-order chi connectivity index (χ1) is 11.7. The molecule has 3 rings (SSSR count). The zero-order valence-corrected chi connectivity index (χ0v) is 12.7. The van der Waals surface area contributed by atoms with Gasteiger partial charge in [0.05, 0.1) is 11.1 Å². The second-order valence-electron chi connectivity index (χ2n) is 4.99. The first-order valence-corrected chi connectivity index (χ1v) is 7.37. The van der Waals surface area contributed by atoms with E-state index in [2.05, 4.69) is 0 Å². The summed E-state index contributed by atoms with van der Waals surface area (Å²) in [6, 6.07) is 24.1. The zero-order chi connectivity index (χ0) is 16.8. The van der Waals surface area contributed by atoms with Crippen LogP contribution in [0.1, 0.15) is 20.7 Å². The molecule has 3 aromatic carbocycles. The van der Waals surface area contributed by atoms with Gasteiger partial charge in [0.25, 0.3) is 0 Å². The summed E-state index contributed by atoms with van der Waals surface area (Å²) in [5, 5.41) is 0. The lowest BCUT2D eigenvalue weighted by atomic mass is 10.2. The quantitative estimate of drug-likeness (QED) is 0.526. The summed E-state index contributed by atoms with van der Waals surface area (Å²) in [6.07, 6.45) is 0. The van der Waals surface area contributed by atoms with Gasteiger partial charge in [0.1, 0.15) is 11.5 Å². The van der Waals surface area contributed by atoms with Gasteiger partial charge >= 0.3 is 11.9 Å². The van der Waals surface area contributed by atoms with Crippen molar-refractivity contribution < 1.29 is 19.1 Å². The Hall–Kier alpha value is -3.40. The highest BCUT2D eigenvalue weighted by Gasteiger charge is 2.15. The Morgan fingerprint density at radius 2 is 1.12 bits per heavy atom. The molecule has 0 aliphatic carbocycles. The SMILES string of the molecule is O=C(OC(=O)c1cccc(Oc2ccccc2)c1)c1ccccc1. The number of carbonyl (C=O) groups excluding carboxylic acids is 2. The first-order valence-electron chi connectivity index (χ1n) is 7.37. The number of carbonyl (C=O) groups is 2. The predicted molar refractivity (Wildman–Crippen MR) is 89.1 cm³/mol. The number of ether oxygens (including phenoxy) is 2. The molecule has 0 aromatic heterocycles. The van der Waals surface area contributed by atoms with Crippen molar-refractivity contribution in [2.24, 2.45) is 0 Å². The molecule has 0 atom stereocenters. The van der Waals surface area contributed by atoms with Crippen LogP contribution in [-0.4, -0.2) is 11.9 Å². The smallest absolute Gasteiger partial charge is 0.346 e. The van der Waals surface area contributed by atoms with Gasteiger partial charge in [0, 0.05) is 0 Å². The summed E-state index contributed by atoms with van der Waals surface area (Å²) >= 11 is 0. The van der Waals surface area contributed by atoms with Crippen molar-refractivity contribution in [1.29, 1.82) is 0 Å². The summed E-state index contributed by atoms with van der Waals surface area (Å²) in [4.78, 5) is 24.1. The van der Waals surface area contributed by atoms with E-state index in [1.165, 1.54) is 6.07 Å². The predicted octanol–water partition coefficient (Wildman–Crippen LogP) is 4.48. The van der Waals surface area contributed by atoms with E-state index < -0.39 is 11.9 Å². The molecule has 0 bridgehead atoms. The van der Waals surface area contributed by atoms with Crippen molar-refractivity contribution in [2.75, 3.05) is 0 Å². The normalized spacial score (nSPS) is 10.0. The van der Waals surface area contributed by atoms with Gasteiger partial charge < -0.3 is 9.47 Å². The highest BCUT2D eigenvalue weighted by Crippen LogP contribution is 2.22. The third kappa shape index (κ3) is 3.87. The van der Waals surface area contributed by atoms with Gasteiger partial charge in [0.15, 0.2) is 0 Å². The lowest BCUT2D eigenvalue weighted by Crippen LogP contribution is -2.12. The van der Waals surface area contributed by atoms with Crippen molar-refractivity contribution in [1.82, 2.24) is 0 Å². The molecule has 0 spiro atoms. The second-order valence-corrected chi connectivity index (χ2v) is 4.99. The Bertz CT molecular complexity index is 842. The third-order valence-electron chi connectivity index (χ3n) is 3.24. The molecule has 118 valence electrons. The Morgan fingerprint density at radius 3 is 1.83 bits per heavy atom. The number of benzene rings is 3. The minimum absolute atomic E-state index is 0.243. The molecular weight excluding hydrogens is 304 g/mol. The van der Waals surface area contributed by atoms with E-state index in [9.17, 15) is 9.59 Å². The molecule has 0 unspecified atom stereocenters. The van der Waals surface area contributed by atoms with Gasteiger partial charge in [-0.2, -0.15) is 0 Å². The third-order valence-corrected chi connectivity index (χ3v) is 3.24. The van der Waals surface area contributed by atoms with Crippen LogP contribution in [0.2, 0.25) is 0 Å². The van der Waals surface area contributed by atoms with Crippen molar-refractivity contribution in [2.45, 2.75) is 0 Å². The van der Waals surface area contributed by atoms with Gasteiger partial charge in [-0.05, 0) is 42.5 Å². The Balaban J connectivity index is 1.71. The second kappa shape index (κ2) is 7.24. The molecule has 0 N–H and O–H groups in total. The molecule has 0 fully saturated rings. The maximum Gasteiger partial charge on any atom is 0.346 e. The molecule has 0 aliphatic heterocycles. The van der Waals surface area contributed by atoms with Gasteiger partial charge in [0.2, 0.25) is 0 Å². The molecule has 3 aromatic rings. The number of rotatable bonds is 4. The van der Waals surface area contributed by atoms with Crippen LogP contribution in [0.5, 0.6) is 11.5 Å². The van der Waals surface area contributed by atoms with Crippen LogP contribution in [0.25, 0.3) is 0 Å². The maximum absolute atomic E-state index is 12.1. The minimum atomic E-state index is -0.720. The number of hydrogen-bond donors (Lipinski definition) is 0. The maximum atomic E-state index is 12.1. The lowest BCUT2D eigenvalue weighted by molar-refractivity contribution is 0.0397. The highest BCUT2D eigenvalue weighted by atomic mass is 16.6. The monoisotopic (exact) mass is 318 g/mol. The standard InChI is InChI=1S/C20H14O4/c21-19(15-8-3-1-4-9-15)24-20(22)16-10-7-13-18(14-16)23-17-11-5-2-6-12-17/h1-14H. The first kappa shape index (κ1) is 15.5. The van der Waals surface area contributed by atoms with Gasteiger partial charge in [-0.3, -0.25) is 0 Å². The van der Waals surface area contributed by atoms with Crippen LogP contribution < -0.4 is 4.74 Å². The van der Waals surface area contributed by atoms with Crippen molar-refractivity contribution >= 4 is 11.9 Å².